The van der Waals surface area contributed by atoms with Crippen molar-refractivity contribution in [2.45, 2.75) is 13.3 Å². The summed E-state index contributed by atoms with van der Waals surface area (Å²) in [4.78, 5) is 16.3. The maximum atomic E-state index is 13.0. The van der Waals surface area contributed by atoms with Gasteiger partial charge in [-0.15, -0.1) is 0 Å². The highest BCUT2D eigenvalue weighted by Crippen LogP contribution is 2.37. The lowest BCUT2D eigenvalue weighted by atomic mass is 10.1. The summed E-state index contributed by atoms with van der Waals surface area (Å²) in [6, 6.07) is 9.13. The van der Waals surface area contributed by atoms with Crippen molar-refractivity contribution in [3.8, 4) is 11.5 Å². The molecule has 1 heterocycles. The first kappa shape index (κ1) is 19.1. The van der Waals surface area contributed by atoms with Gasteiger partial charge >= 0.3 is 5.97 Å². The van der Waals surface area contributed by atoms with Crippen LogP contribution >= 0.6 is 15.9 Å². The predicted molar refractivity (Wildman–Crippen MR) is 103 cm³/mol. The first-order valence-corrected chi connectivity index (χ1v) is 9.10. The van der Waals surface area contributed by atoms with Crippen LogP contribution in [-0.2, 0) is 9.53 Å². The quantitative estimate of drug-likeness (QED) is 0.487. The van der Waals surface area contributed by atoms with Crippen molar-refractivity contribution in [1.82, 2.24) is 0 Å². The van der Waals surface area contributed by atoms with Crippen LogP contribution in [0.5, 0.6) is 11.5 Å². The fourth-order valence-corrected chi connectivity index (χ4v) is 3.02. The van der Waals surface area contributed by atoms with E-state index in [4.69, 9.17) is 14.2 Å². The molecule has 0 aliphatic carbocycles. The number of esters is 1. The molecule has 3 rings (SSSR count). The number of halogens is 2. The highest BCUT2D eigenvalue weighted by molar-refractivity contribution is 9.10. The van der Waals surface area contributed by atoms with E-state index in [1.807, 2.05) is 6.92 Å². The Kier molecular flexibility index (Phi) is 5.91. The van der Waals surface area contributed by atoms with Gasteiger partial charge in [0.25, 0.3) is 0 Å². The summed E-state index contributed by atoms with van der Waals surface area (Å²) < 4.78 is 30.0. The fourth-order valence-electron chi connectivity index (χ4n) is 2.45. The van der Waals surface area contributed by atoms with Crippen molar-refractivity contribution in [3.63, 3.8) is 0 Å². The SMILES string of the molecule is CCCOc1c(Br)cc(/C=C2\N=C(c3ccc(F)cc3)OC2=O)cc1OC. The second-order valence-electron chi connectivity index (χ2n) is 5.73. The Balaban J connectivity index is 1.92. The number of benzene rings is 2. The molecule has 5 nitrogen and oxygen atoms in total. The molecule has 0 radical (unpaired) electrons. The zero-order chi connectivity index (χ0) is 19.4. The maximum absolute atomic E-state index is 13.0. The van der Waals surface area contributed by atoms with E-state index >= 15 is 0 Å². The summed E-state index contributed by atoms with van der Waals surface area (Å²) in [6.07, 6.45) is 2.46. The molecule has 0 atom stereocenters. The number of cyclic esters (lactones) is 1. The number of aliphatic imine (C=N–C) groups is 1. The highest BCUT2D eigenvalue weighted by atomic mass is 79.9. The fraction of sp³-hybridized carbons (Fsp3) is 0.200. The van der Waals surface area contributed by atoms with E-state index < -0.39 is 5.97 Å². The second-order valence-corrected chi connectivity index (χ2v) is 6.58. The zero-order valence-corrected chi connectivity index (χ0v) is 16.4. The van der Waals surface area contributed by atoms with Crippen LogP contribution in [0.15, 0.2) is 51.6 Å². The summed E-state index contributed by atoms with van der Waals surface area (Å²) in [7, 11) is 1.55. The van der Waals surface area contributed by atoms with Gasteiger partial charge in [0.15, 0.2) is 17.2 Å². The van der Waals surface area contributed by atoms with Crippen LogP contribution in [0.2, 0.25) is 0 Å². The van der Waals surface area contributed by atoms with E-state index in [9.17, 15) is 9.18 Å². The maximum Gasteiger partial charge on any atom is 0.363 e. The summed E-state index contributed by atoms with van der Waals surface area (Å²) in [6.45, 7) is 2.58. The lowest BCUT2D eigenvalue weighted by Gasteiger charge is -2.13. The minimum absolute atomic E-state index is 0.139. The number of carbonyl (C=O) groups is 1. The third kappa shape index (κ3) is 4.36. The van der Waals surface area contributed by atoms with Gasteiger partial charge < -0.3 is 14.2 Å². The standard InChI is InChI=1S/C20H17BrFNO4/c1-3-8-26-18-15(21)9-12(11-17(18)25-2)10-16-20(24)27-19(23-16)13-4-6-14(22)7-5-13/h4-7,9-11H,3,8H2,1-2H3/b16-10-. The summed E-state index contributed by atoms with van der Waals surface area (Å²) in [5.41, 5.74) is 1.36. The molecule has 0 spiro atoms. The Morgan fingerprint density at radius 2 is 2.00 bits per heavy atom. The molecule has 2 aromatic carbocycles. The van der Waals surface area contributed by atoms with E-state index in [2.05, 4.69) is 20.9 Å². The van der Waals surface area contributed by atoms with Crippen LogP contribution in [0.3, 0.4) is 0 Å². The molecule has 7 heteroatoms. The van der Waals surface area contributed by atoms with Gasteiger partial charge in [-0.1, -0.05) is 6.92 Å². The van der Waals surface area contributed by atoms with E-state index in [-0.39, 0.29) is 17.4 Å². The van der Waals surface area contributed by atoms with E-state index in [1.165, 1.54) is 24.3 Å². The average molecular weight is 434 g/mol. The molecule has 140 valence electrons. The van der Waals surface area contributed by atoms with Crippen LogP contribution in [0.25, 0.3) is 6.08 Å². The largest absolute Gasteiger partial charge is 0.493 e. The van der Waals surface area contributed by atoms with Crippen LogP contribution in [0.4, 0.5) is 4.39 Å². The third-order valence-corrected chi connectivity index (χ3v) is 4.31. The minimum atomic E-state index is -0.573. The number of ether oxygens (including phenoxy) is 3. The Morgan fingerprint density at radius 3 is 2.67 bits per heavy atom. The van der Waals surface area contributed by atoms with Crippen LogP contribution in [0, 0.1) is 5.82 Å². The first-order chi connectivity index (χ1) is 13.0. The molecule has 0 unspecified atom stereocenters. The van der Waals surface area contributed by atoms with Crippen molar-refractivity contribution in [2.75, 3.05) is 13.7 Å². The van der Waals surface area contributed by atoms with Crippen molar-refractivity contribution in [2.24, 2.45) is 4.99 Å². The van der Waals surface area contributed by atoms with Crippen molar-refractivity contribution >= 4 is 33.9 Å². The van der Waals surface area contributed by atoms with Gasteiger partial charge in [0.1, 0.15) is 5.82 Å². The first-order valence-electron chi connectivity index (χ1n) is 8.30. The van der Waals surface area contributed by atoms with Crippen LogP contribution < -0.4 is 9.47 Å². The van der Waals surface area contributed by atoms with Gasteiger partial charge in [-0.05, 0) is 70.4 Å². The molecular formula is C20H17BrFNO4. The molecule has 0 aromatic heterocycles. The summed E-state index contributed by atoms with van der Waals surface area (Å²) >= 11 is 3.47. The molecule has 2 aromatic rings. The topological polar surface area (TPSA) is 57.1 Å². The number of carbonyl (C=O) groups excluding carboxylic acids is 1. The lowest BCUT2D eigenvalue weighted by molar-refractivity contribution is -0.129. The molecule has 0 bridgehead atoms. The minimum Gasteiger partial charge on any atom is -0.493 e. The highest BCUT2D eigenvalue weighted by Gasteiger charge is 2.24. The molecule has 0 amide bonds. The third-order valence-electron chi connectivity index (χ3n) is 3.72. The molecule has 1 aliphatic rings. The number of hydrogen-bond donors (Lipinski definition) is 0. The number of nitrogens with zero attached hydrogens (tertiary/aromatic N) is 1. The normalized spacial score (nSPS) is 14.9. The molecule has 27 heavy (non-hydrogen) atoms. The van der Waals surface area contributed by atoms with E-state index in [0.717, 1.165) is 6.42 Å². The van der Waals surface area contributed by atoms with Gasteiger partial charge in [0.2, 0.25) is 5.90 Å². The molecule has 0 N–H and O–H groups in total. The van der Waals surface area contributed by atoms with Crippen molar-refractivity contribution in [3.05, 3.63) is 63.5 Å². The Bertz CT molecular complexity index is 922. The smallest absolute Gasteiger partial charge is 0.363 e. The summed E-state index contributed by atoms with van der Waals surface area (Å²) in [5, 5.41) is 0. The van der Waals surface area contributed by atoms with Gasteiger partial charge in [-0.2, -0.15) is 0 Å². The summed E-state index contributed by atoms with van der Waals surface area (Å²) in [5.74, 6) is 0.336. The average Bonchev–Trinajstić information content (AvgIpc) is 3.01. The predicted octanol–water partition coefficient (Wildman–Crippen LogP) is 4.73. The number of hydrogen-bond acceptors (Lipinski definition) is 5. The lowest BCUT2D eigenvalue weighted by Crippen LogP contribution is -2.05. The molecule has 0 saturated heterocycles. The molecule has 1 aliphatic heterocycles. The van der Waals surface area contributed by atoms with E-state index in [1.54, 1.807) is 25.3 Å². The zero-order valence-electron chi connectivity index (χ0n) is 14.8. The molecule has 0 saturated carbocycles. The Hall–Kier alpha value is -2.67. The Morgan fingerprint density at radius 1 is 1.26 bits per heavy atom. The Labute approximate surface area is 164 Å². The number of rotatable bonds is 6. The van der Waals surface area contributed by atoms with Gasteiger partial charge in [0, 0.05) is 5.56 Å². The molecule has 0 fully saturated rings. The van der Waals surface area contributed by atoms with Crippen molar-refractivity contribution in [1.29, 1.82) is 0 Å². The molecular weight excluding hydrogens is 417 g/mol. The van der Waals surface area contributed by atoms with E-state index in [0.29, 0.717) is 33.7 Å². The van der Waals surface area contributed by atoms with Gasteiger partial charge in [0.05, 0.1) is 18.2 Å². The van der Waals surface area contributed by atoms with Gasteiger partial charge in [-0.3, -0.25) is 0 Å². The second kappa shape index (κ2) is 8.35. The van der Waals surface area contributed by atoms with Crippen molar-refractivity contribution < 1.29 is 23.4 Å². The van der Waals surface area contributed by atoms with Gasteiger partial charge in [-0.25, -0.2) is 14.2 Å². The number of methoxy groups -OCH3 is 1. The van der Waals surface area contributed by atoms with Crippen LogP contribution in [0.1, 0.15) is 24.5 Å². The van der Waals surface area contributed by atoms with Crippen LogP contribution in [-0.4, -0.2) is 25.6 Å². The monoisotopic (exact) mass is 433 g/mol.